The molecule has 1 aromatic carbocycles. The summed E-state index contributed by atoms with van der Waals surface area (Å²) in [5.41, 5.74) is 0. The molecule has 0 amide bonds. The molecule has 1 aromatic heterocycles. The Bertz CT molecular complexity index is 640. The third-order valence-electron chi connectivity index (χ3n) is 3.78. The first-order valence-corrected chi connectivity index (χ1v) is 6.88. The lowest BCUT2D eigenvalue weighted by atomic mass is 10.2. The van der Waals surface area contributed by atoms with Crippen LogP contribution in [0.1, 0.15) is 30.7 Å². The molecule has 2 aromatic rings. The third kappa shape index (κ3) is 1.76. The summed E-state index contributed by atoms with van der Waals surface area (Å²) in [6.45, 7) is 4.35. The van der Waals surface area contributed by atoms with Crippen molar-refractivity contribution in [2.75, 3.05) is 13.2 Å². The largest absolute Gasteiger partial charge is 0.485 e. The average Bonchev–Trinajstić information content (AvgIpc) is 2.92. The van der Waals surface area contributed by atoms with E-state index in [4.69, 9.17) is 9.47 Å². The van der Waals surface area contributed by atoms with Crippen LogP contribution in [-0.4, -0.2) is 27.9 Å². The van der Waals surface area contributed by atoms with Crippen LogP contribution in [0.25, 0.3) is 0 Å². The lowest BCUT2D eigenvalue weighted by Gasteiger charge is -2.28. The van der Waals surface area contributed by atoms with E-state index in [1.165, 1.54) is 0 Å². The SMILES string of the molecule is CC1NCCn2c1nnc2C1COc2ccccc2O1. The van der Waals surface area contributed by atoms with Crippen molar-refractivity contribution < 1.29 is 9.47 Å². The number of benzene rings is 1. The van der Waals surface area contributed by atoms with Crippen LogP contribution in [0, 0.1) is 0 Å². The van der Waals surface area contributed by atoms with Gasteiger partial charge in [0.25, 0.3) is 0 Å². The Hall–Kier alpha value is -2.08. The van der Waals surface area contributed by atoms with Crippen LogP contribution in [0.4, 0.5) is 0 Å². The molecule has 0 saturated carbocycles. The Labute approximate surface area is 116 Å². The van der Waals surface area contributed by atoms with Gasteiger partial charge in [0.05, 0.1) is 6.04 Å². The number of hydrogen-bond donors (Lipinski definition) is 1. The molecule has 6 nitrogen and oxygen atoms in total. The zero-order valence-corrected chi connectivity index (χ0v) is 11.2. The van der Waals surface area contributed by atoms with Gasteiger partial charge in [0, 0.05) is 13.1 Å². The Morgan fingerprint density at radius 1 is 1.20 bits per heavy atom. The Kier molecular flexibility index (Phi) is 2.63. The van der Waals surface area contributed by atoms with E-state index in [1.807, 2.05) is 24.3 Å². The molecule has 0 bridgehead atoms. The van der Waals surface area contributed by atoms with Crippen molar-refractivity contribution in [3.05, 3.63) is 35.9 Å². The Morgan fingerprint density at radius 3 is 2.90 bits per heavy atom. The predicted molar refractivity (Wildman–Crippen MR) is 71.7 cm³/mol. The smallest absolute Gasteiger partial charge is 0.192 e. The normalized spacial score (nSPS) is 24.2. The van der Waals surface area contributed by atoms with Crippen molar-refractivity contribution in [2.24, 2.45) is 0 Å². The quantitative estimate of drug-likeness (QED) is 0.851. The molecule has 0 radical (unpaired) electrons. The fraction of sp³-hybridized carbons (Fsp3) is 0.429. The molecule has 3 heterocycles. The summed E-state index contributed by atoms with van der Waals surface area (Å²) < 4.78 is 13.9. The van der Waals surface area contributed by atoms with Crippen molar-refractivity contribution in [3.8, 4) is 11.5 Å². The molecule has 2 aliphatic rings. The molecule has 6 heteroatoms. The van der Waals surface area contributed by atoms with E-state index in [2.05, 4.69) is 27.0 Å². The summed E-state index contributed by atoms with van der Waals surface area (Å²) >= 11 is 0. The maximum absolute atomic E-state index is 6.01. The van der Waals surface area contributed by atoms with Crippen LogP contribution in [0.2, 0.25) is 0 Å². The van der Waals surface area contributed by atoms with E-state index >= 15 is 0 Å². The van der Waals surface area contributed by atoms with Gasteiger partial charge in [-0.1, -0.05) is 12.1 Å². The standard InChI is InChI=1S/C14H16N4O2/c1-9-13-16-17-14(18(13)7-6-15-9)12-8-19-10-4-2-3-5-11(10)20-12/h2-5,9,12,15H,6-8H2,1H3. The molecular formula is C14H16N4O2. The second-order valence-corrected chi connectivity index (χ2v) is 5.11. The maximum atomic E-state index is 6.01. The minimum atomic E-state index is -0.198. The van der Waals surface area contributed by atoms with Gasteiger partial charge in [-0.25, -0.2) is 0 Å². The minimum absolute atomic E-state index is 0.198. The number of nitrogens with zero attached hydrogens (tertiary/aromatic N) is 3. The van der Waals surface area contributed by atoms with Gasteiger partial charge in [0.15, 0.2) is 23.4 Å². The van der Waals surface area contributed by atoms with Crippen molar-refractivity contribution in [2.45, 2.75) is 25.6 Å². The van der Waals surface area contributed by atoms with Crippen LogP contribution in [0.5, 0.6) is 11.5 Å². The summed E-state index contributed by atoms with van der Waals surface area (Å²) in [6, 6.07) is 7.93. The first-order chi connectivity index (χ1) is 9.83. The summed E-state index contributed by atoms with van der Waals surface area (Å²) in [6.07, 6.45) is -0.198. The molecule has 104 valence electrons. The molecule has 0 aliphatic carbocycles. The van der Waals surface area contributed by atoms with Gasteiger partial charge in [0.2, 0.25) is 0 Å². The van der Waals surface area contributed by atoms with Gasteiger partial charge < -0.3 is 19.4 Å². The molecule has 0 saturated heterocycles. The molecular weight excluding hydrogens is 256 g/mol. The first kappa shape index (κ1) is 11.7. The topological polar surface area (TPSA) is 61.2 Å². The van der Waals surface area contributed by atoms with E-state index in [0.717, 1.165) is 36.2 Å². The predicted octanol–water partition coefficient (Wildman–Crippen LogP) is 1.45. The van der Waals surface area contributed by atoms with E-state index in [0.29, 0.717) is 6.61 Å². The van der Waals surface area contributed by atoms with Gasteiger partial charge in [-0.2, -0.15) is 0 Å². The molecule has 2 atom stereocenters. The van der Waals surface area contributed by atoms with E-state index in [1.54, 1.807) is 0 Å². The van der Waals surface area contributed by atoms with Crippen LogP contribution in [0.15, 0.2) is 24.3 Å². The number of fused-ring (bicyclic) bond motifs is 2. The molecule has 0 spiro atoms. The highest BCUT2D eigenvalue weighted by Crippen LogP contribution is 2.35. The number of hydrogen-bond acceptors (Lipinski definition) is 5. The van der Waals surface area contributed by atoms with E-state index in [-0.39, 0.29) is 12.1 Å². The van der Waals surface area contributed by atoms with Gasteiger partial charge in [0.1, 0.15) is 12.4 Å². The summed E-state index contributed by atoms with van der Waals surface area (Å²) in [5.74, 6) is 3.37. The number of nitrogens with one attached hydrogen (secondary N) is 1. The Balaban J connectivity index is 1.67. The Morgan fingerprint density at radius 2 is 2.00 bits per heavy atom. The maximum Gasteiger partial charge on any atom is 0.192 e. The third-order valence-corrected chi connectivity index (χ3v) is 3.78. The fourth-order valence-electron chi connectivity index (χ4n) is 2.75. The number of aromatic nitrogens is 3. The van der Waals surface area contributed by atoms with E-state index in [9.17, 15) is 0 Å². The molecule has 2 unspecified atom stereocenters. The van der Waals surface area contributed by atoms with Crippen LogP contribution >= 0.6 is 0 Å². The van der Waals surface area contributed by atoms with Crippen LogP contribution in [0.3, 0.4) is 0 Å². The van der Waals surface area contributed by atoms with Gasteiger partial charge >= 0.3 is 0 Å². The highest BCUT2D eigenvalue weighted by molar-refractivity contribution is 5.41. The summed E-state index contributed by atoms with van der Waals surface area (Å²) in [7, 11) is 0. The number of para-hydroxylation sites is 2. The lowest BCUT2D eigenvalue weighted by molar-refractivity contribution is 0.0815. The lowest BCUT2D eigenvalue weighted by Crippen LogP contribution is -2.34. The minimum Gasteiger partial charge on any atom is -0.485 e. The first-order valence-electron chi connectivity index (χ1n) is 6.88. The number of ether oxygens (including phenoxy) is 2. The van der Waals surface area contributed by atoms with E-state index < -0.39 is 0 Å². The second kappa shape index (κ2) is 4.49. The monoisotopic (exact) mass is 272 g/mol. The fourth-order valence-corrected chi connectivity index (χ4v) is 2.75. The molecule has 1 N–H and O–H groups in total. The van der Waals surface area contributed by atoms with Crippen molar-refractivity contribution in [1.29, 1.82) is 0 Å². The highest BCUT2D eigenvalue weighted by Gasteiger charge is 2.30. The van der Waals surface area contributed by atoms with Gasteiger partial charge in [-0.3, -0.25) is 0 Å². The molecule has 2 aliphatic heterocycles. The zero-order chi connectivity index (χ0) is 13.5. The summed E-state index contributed by atoms with van der Waals surface area (Å²) in [4.78, 5) is 0. The van der Waals surface area contributed by atoms with Crippen molar-refractivity contribution in [3.63, 3.8) is 0 Å². The molecule has 20 heavy (non-hydrogen) atoms. The van der Waals surface area contributed by atoms with Crippen molar-refractivity contribution in [1.82, 2.24) is 20.1 Å². The number of rotatable bonds is 1. The van der Waals surface area contributed by atoms with Crippen LogP contribution < -0.4 is 14.8 Å². The van der Waals surface area contributed by atoms with Gasteiger partial charge in [-0.05, 0) is 19.1 Å². The highest BCUT2D eigenvalue weighted by atomic mass is 16.6. The van der Waals surface area contributed by atoms with Gasteiger partial charge in [-0.15, -0.1) is 10.2 Å². The molecule has 0 fully saturated rings. The zero-order valence-electron chi connectivity index (χ0n) is 11.2. The molecule has 4 rings (SSSR count). The average molecular weight is 272 g/mol. The van der Waals surface area contributed by atoms with Crippen molar-refractivity contribution >= 4 is 0 Å². The summed E-state index contributed by atoms with van der Waals surface area (Å²) in [5, 5.41) is 12.0. The van der Waals surface area contributed by atoms with Crippen LogP contribution in [-0.2, 0) is 6.54 Å². The second-order valence-electron chi connectivity index (χ2n) is 5.11.